The van der Waals surface area contributed by atoms with Crippen LogP contribution >= 0.6 is 11.6 Å². The van der Waals surface area contributed by atoms with Gasteiger partial charge in [-0.2, -0.15) is 0 Å². The zero-order valence-electron chi connectivity index (χ0n) is 13.0. The highest BCUT2D eigenvalue weighted by atomic mass is 35.5. The first kappa shape index (κ1) is 16.2. The zero-order chi connectivity index (χ0) is 16.9. The highest BCUT2D eigenvalue weighted by Gasteiger charge is 2.22. The molecule has 0 aliphatic rings. The molecule has 1 heterocycles. The summed E-state index contributed by atoms with van der Waals surface area (Å²) in [6.07, 6.45) is 0. The molecule has 0 amide bonds. The topological polar surface area (TPSA) is 53.4 Å². The molecule has 0 atom stereocenters. The van der Waals surface area contributed by atoms with Gasteiger partial charge < -0.3 is 9.47 Å². The van der Waals surface area contributed by atoms with E-state index in [2.05, 4.69) is 4.98 Å². The number of hydrogen-bond acceptors (Lipinski definition) is 4. The molecule has 3 aromatic rings. The van der Waals surface area contributed by atoms with Crippen LogP contribution in [0.4, 0.5) is 0 Å². The largest absolute Gasteiger partial charge is 0.409 e. The SMILES string of the molecule is COCn1c(-c2ccccc2)nc(-c2ccccc2Cl)c1OC=O. The molecule has 0 saturated heterocycles. The number of carbonyl (C=O) groups excluding carboxylic acids is 1. The van der Waals surface area contributed by atoms with Gasteiger partial charge in [0.1, 0.15) is 18.2 Å². The van der Waals surface area contributed by atoms with Crippen LogP contribution in [0.25, 0.3) is 22.6 Å². The van der Waals surface area contributed by atoms with Crippen molar-refractivity contribution in [2.75, 3.05) is 7.11 Å². The van der Waals surface area contributed by atoms with Gasteiger partial charge in [0.05, 0.1) is 5.02 Å². The Bertz CT molecular complexity index is 847. The molecule has 0 fully saturated rings. The summed E-state index contributed by atoms with van der Waals surface area (Å²) in [6.45, 7) is 0.559. The highest BCUT2D eigenvalue weighted by Crippen LogP contribution is 2.37. The van der Waals surface area contributed by atoms with E-state index in [9.17, 15) is 4.79 Å². The van der Waals surface area contributed by atoms with E-state index < -0.39 is 0 Å². The van der Waals surface area contributed by atoms with Crippen molar-refractivity contribution in [2.45, 2.75) is 6.73 Å². The number of carbonyl (C=O) groups is 1. The summed E-state index contributed by atoms with van der Waals surface area (Å²) in [5, 5.41) is 0.523. The fourth-order valence-electron chi connectivity index (χ4n) is 2.49. The maximum absolute atomic E-state index is 11.0. The van der Waals surface area contributed by atoms with Crippen LogP contribution in [0.3, 0.4) is 0 Å². The first-order valence-corrected chi connectivity index (χ1v) is 7.64. The summed E-state index contributed by atoms with van der Waals surface area (Å²) in [4.78, 5) is 15.7. The van der Waals surface area contributed by atoms with E-state index in [1.165, 1.54) is 0 Å². The van der Waals surface area contributed by atoms with E-state index in [4.69, 9.17) is 21.1 Å². The van der Waals surface area contributed by atoms with Gasteiger partial charge in [-0.25, -0.2) is 4.98 Å². The minimum absolute atomic E-state index is 0.185. The third-order valence-electron chi connectivity index (χ3n) is 3.50. The quantitative estimate of drug-likeness (QED) is 0.635. The van der Waals surface area contributed by atoms with E-state index in [0.717, 1.165) is 5.56 Å². The lowest BCUT2D eigenvalue weighted by atomic mass is 10.1. The Morgan fingerprint density at radius 3 is 2.50 bits per heavy atom. The molecule has 6 heteroatoms. The number of halogens is 1. The minimum atomic E-state index is 0.185. The van der Waals surface area contributed by atoms with Crippen molar-refractivity contribution in [1.82, 2.24) is 9.55 Å². The smallest absolute Gasteiger partial charge is 0.299 e. The molecule has 2 aromatic carbocycles. The molecular weight excluding hydrogens is 328 g/mol. The van der Waals surface area contributed by atoms with Gasteiger partial charge in [-0.15, -0.1) is 0 Å². The Kier molecular flexibility index (Phi) is 4.93. The van der Waals surface area contributed by atoms with Crippen LogP contribution in [0, 0.1) is 0 Å². The van der Waals surface area contributed by atoms with Gasteiger partial charge in [0, 0.05) is 18.2 Å². The molecular formula is C18H15ClN2O3. The second kappa shape index (κ2) is 7.29. The summed E-state index contributed by atoms with van der Waals surface area (Å²) >= 11 is 6.29. The van der Waals surface area contributed by atoms with Crippen molar-refractivity contribution in [1.29, 1.82) is 0 Å². The van der Waals surface area contributed by atoms with E-state index in [-0.39, 0.29) is 6.73 Å². The van der Waals surface area contributed by atoms with Crippen LogP contribution in [0.15, 0.2) is 54.6 Å². The molecule has 0 unspecified atom stereocenters. The van der Waals surface area contributed by atoms with Crippen molar-refractivity contribution >= 4 is 18.1 Å². The number of rotatable bonds is 6. The van der Waals surface area contributed by atoms with Gasteiger partial charge in [-0.1, -0.05) is 60.1 Å². The molecule has 3 rings (SSSR count). The van der Waals surface area contributed by atoms with Gasteiger partial charge in [0.2, 0.25) is 5.88 Å². The number of aromatic nitrogens is 2. The summed E-state index contributed by atoms with van der Waals surface area (Å²) < 4.78 is 12.2. The van der Waals surface area contributed by atoms with Gasteiger partial charge in [-0.3, -0.25) is 9.36 Å². The Hall–Kier alpha value is -2.63. The fourth-order valence-corrected chi connectivity index (χ4v) is 2.71. The lowest BCUT2D eigenvalue weighted by Gasteiger charge is -2.09. The average molecular weight is 343 g/mol. The van der Waals surface area contributed by atoms with Crippen LogP contribution < -0.4 is 4.74 Å². The van der Waals surface area contributed by atoms with Gasteiger partial charge in [0.15, 0.2) is 0 Å². The third kappa shape index (κ3) is 3.04. The first-order chi connectivity index (χ1) is 11.8. The Labute approximate surface area is 144 Å². The molecule has 0 radical (unpaired) electrons. The van der Waals surface area contributed by atoms with Gasteiger partial charge in [0.25, 0.3) is 6.47 Å². The fraction of sp³-hybridized carbons (Fsp3) is 0.111. The lowest BCUT2D eigenvalue weighted by Crippen LogP contribution is -2.06. The molecule has 0 saturated carbocycles. The summed E-state index contributed by atoms with van der Waals surface area (Å²) in [7, 11) is 1.56. The molecule has 1 aromatic heterocycles. The predicted octanol–water partition coefficient (Wildman–Crippen LogP) is 4.01. The van der Waals surface area contributed by atoms with Gasteiger partial charge in [-0.05, 0) is 6.07 Å². The number of methoxy groups -OCH3 is 1. The molecule has 5 nitrogen and oxygen atoms in total. The standard InChI is InChI=1S/C18H15ClN2O3/c1-23-11-21-17(13-7-3-2-4-8-13)20-16(18(21)24-12-22)14-9-5-6-10-15(14)19/h2-10,12H,11H2,1H3. The molecule has 0 spiro atoms. The van der Waals surface area contributed by atoms with Crippen molar-refractivity contribution < 1.29 is 14.3 Å². The van der Waals surface area contributed by atoms with Crippen LogP contribution in [0.2, 0.25) is 5.02 Å². The Balaban J connectivity index is 2.26. The lowest BCUT2D eigenvalue weighted by molar-refractivity contribution is -0.121. The van der Waals surface area contributed by atoms with E-state index >= 15 is 0 Å². The average Bonchev–Trinajstić information content (AvgIpc) is 2.95. The monoisotopic (exact) mass is 342 g/mol. The summed E-state index contributed by atoms with van der Waals surface area (Å²) in [5.41, 5.74) is 2.05. The van der Waals surface area contributed by atoms with Crippen molar-refractivity contribution in [3.05, 3.63) is 59.6 Å². The molecule has 0 aliphatic carbocycles. The van der Waals surface area contributed by atoms with E-state index in [1.54, 1.807) is 17.7 Å². The van der Waals surface area contributed by atoms with Crippen molar-refractivity contribution in [2.24, 2.45) is 0 Å². The molecule has 0 N–H and O–H groups in total. The minimum Gasteiger partial charge on any atom is -0.409 e. The van der Waals surface area contributed by atoms with Gasteiger partial charge >= 0.3 is 0 Å². The van der Waals surface area contributed by atoms with Crippen LogP contribution in [0.5, 0.6) is 5.88 Å². The maximum atomic E-state index is 11.0. The second-order valence-corrected chi connectivity index (χ2v) is 5.40. The molecule has 0 aliphatic heterocycles. The maximum Gasteiger partial charge on any atom is 0.299 e. The number of ether oxygens (including phenoxy) is 2. The Morgan fingerprint density at radius 1 is 1.12 bits per heavy atom. The molecule has 0 bridgehead atoms. The second-order valence-electron chi connectivity index (χ2n) is 4.99. The zero-order valence-corrected chi connectivity index (χ0v) is 13.7. The van der Waals surface area contributed by atoms with E-state index in [0.29, 0.717) is 34.5 Å². The highest BCUT2D eigenvalue weighted by molar-refractivity contribution is 6.33. The summed E-state index contributed by atoms with van der Waals surface area (Å²) in [5.74, 6) is 0.919. The summed E-state index contributed by atoms with van der Waals surface area (Å²) in [6, 6.07) is 16.9. The van der Waals surface area contributed by atoms with Crippen molar-refractivity contribution in [3.63, 3.8) is 0 Å². The predicted molar refractivity (Wildman–Crippen MR) is 91.8 cm³/mol. The van der Waals surface area contributed by atoms with Crippen LogP contribution in [-0.4, -0.2) is 23.1 Å². The van der Waals surface area contributed by atoms with Crippen LogP contribution in [0.1, 0.15) is 0 Å². The number of benzene rings is 2. The van der Waals surface area contributed by atoms with Crippen molar-refractivity contribution in [3.8, 4) is 28.5 Å². The number of hydrogen-bond donors (Lipinski definition) is 0. The Morgan fingerprint density at radius 2 is 1.83 bits per heavy atom. The number of imidazole rings is 1. The third-order valence-corrected chi connectivity index (χ3v) is 3.83. The van der Waals surface area contributed by atoms with Crippen LogP contribution in [-0.2, 0) is 16.3 Å². The number of nitrogens with zero attached hydrogens (tertiary/aromatic N) is 2. The normalized spacial score (nSPS) is 10.6. The first-order valence-electron chi connectivity index (χ1n) is 7.26. The molecule has 24 heavy (non-hydrogen) atoms. The van der Waals surface area contributed by atoms with E-state index in [1.807, 2.05) is 48.5 Å². The molecule has 122 valence electrons.